The lowest BCUT2D eigenvalue weighted by atomic mass is 10.2. The Hall–Kier alpha value is -1.82. The molecule has 0 amide bonds. The quantitative estimate of drug-likeness (QED) is 0.880. The van der Waals surface area contributed by atoms with Crippen LogP contribution in [0.1, 0.15) is 0 Å². The number of hydrogen-bond donors (Lipinski definition) is 1. The van der Waals surface area contributed by atoms with Crippen LogP contribution in [0.4, 0.5) is 11.5 Å². The number of hydrogen-bond acceptors (Lipinski definition) is 5. The predicted octanol–water partition coefficient (Wildman–Crippen LogP) is 3.00. The smallest absolute Gasteiger partial charge is 0.146 e. The largest absolute Gasteiger partial charge is 0.497 e. The minimum Gasteiger partial charge on any atom is -0.497 e. The van der Waals surface area contributed by atoms with Crippen LogP contribution < -0.4 is 14.8 Å². The van der Waals surface area contributed by atoms with Crippen molar-refractivity contribution in [3.8, 4) is 11.5 Å². The van der Waals surface area contributed by atoms with Crippen LogP contribution in [0.2, 0.25) is 0 Å². The molecule has 6 heteroatoms. The summed E-state index contributed by atoms with van der Waals surface area (Å²) in [4.78, 5) is 8.08. The second-order valence-electron chi connectivity index (χ2n) is 3.42. The van der Waals surface area contributed by atoms with Crippen LogP contribution in [0, 0.1) is 0 Å². The number of aromatic nitrogens is 2. The van der Waals surface area contributed by atoms with Gasteiger partial charge in [-0.15, -0.1) is 0 Å². The number of halogens is 1. The fourth-order valence-electron chi connectivity index (χ4n) is 1.44. The molecule has 0 unspecified atom stereocenters. The third-order valence-corrected chi connectivity index (χ3v) is 2.74. The lowest BCUT2D eigenvalue weighted by Gasteiger charge is -2.11. The molecule has 0 radical (unpaired) electrons. The maximum Gasteiger partial charge on any atom is 0.146 e. The molecular weight excluding hydrogens is 298 g/mol. The van der Waals surface area contributed by atoms with Crippen LogP contribution >= 0.6 is 15.9 Å². The number of anilines is 2. The van der Waals surface area contributed by atoms with Gasteiger partial charge in [0, 0.05) is 12.1 Å². The Labute approximate surface area is 113 Å². The number of nitrogens with one attached hydrogen (secondary N) is 1. The lowest BCUT2D eigenvalue weighted by Crippen LogP contribution is -1.97. The van der Waals surface area contributed by atoms with Crippen LogP contribution in [-0.4, -0.2) is 24.2 Å². The molecule has 1 aromatic carbocycles. The van der Waals surface area contributed by atoms with E-state index in [1.54, 1.807) is 26.4 Å². The second kappa shape index (κ2) is 5.68. The van der Waals surface area contributed by atoms with Gasteiger partial charge < -0.3 is 14.8 Å². The summed E-state index contributed by atoms with van der Waals surface area (Å²) >= 11 is 3.29. The van der Waals surface area contributed by atoms with E-state index < -0.39 is 0 Å². The Balaban J connectivity index is 2.28. The van der Waals surface area contributed by atoms with Gasteiger partial charge in [-0.05, 0) is 28.1 Å². The molecule has 94 valence electrons. The molecule has 1 heterocycles. The van der Waals surface area contributed by atoms with Gasteiger partial charge in [-0.3, -0.25) is 0 Å². The summed E-state index contributed by atoms with van der Waals surface area (Å²) in [6.07, 6.45) is 1.47. The first kappa shape index (κ1) is 12.6. The molecule has 1 aromatic heterocycles. The van der Waals surface area contributed by atoms with Crippen LogP contribution in [-0.2, 0) is 0 Å². The highest BCUT2D eigenvalue weighted by Gasteiger charge is 2.06. The summed E-state index contributed by atoms with van der Waals surface area (Å²) in [7, 11) is 3.22. The molecule has 0 atom stereocenters. The highest BCUT2D eigenvalue weighted by atomic mass is 79.9. The van der Waals surface area contributed by atoms with Gasteiger partial charge in [0.05, 0.1) is 19.9 Å². The molecule has 0 aliphatic carbocycles. The average molecular weight is 310 g/mol. The fraction of sp³-hybridized carbons (Fsp3) is 0.167. The molecule has 0 fully saturated rings. The number of rotatable bonds is 4. The maximum absolute atomic E-state index is 5.29. The summed E-state index contributed by atoms with van der Waals surface area (Å²) in [5.74, 6) is 2.10. The molecule has 0 aliphatic heterocycles. The molecule has 0 bridgehead atoms. The maximum atomic E-state index is 5.29. The van der Waals surface area contributed by atoms with E-state index >= 15 is 0 Å². The average Bonchev–Trinajstić information content (AvgIpc) is 2.39. The summed E-state index contributed by atoms with van der Waals surface area (Å²) < 4.78 is 11.1. The van der Waals surface area contributed by atoms with Gasteiger partial charge >= 0.3 is 0 Å². The van der Waals surface area contributed by atoms with Crippen LogP contribution in [0.15, 0.2) is 35.2 Å². The van der Waals surface area contributed by atoms with Gasteiger partial charge in [-0.1, -0.05) is 0 Å². The summed E-state index contributed by atoms with van der Waals surface area (Å²) in [5.41, 5.74) is 0.809. The molecule has 5 nitrogen and oxygen atoms in total. The van der Waals surface area contributed by atoms with Crippen LogP contribution in [0.25, 0.3) is 0 Å². The Morgan fingerprint density at radius 1 is 1.11 bits per heavy atom. The summed E-state index contributed by atoms with van der Waals surface area (Å²) in [6, 6.07) is 7.30. The lowest BCUT2D eigenvalue weighted by molar-refractivity contribution is 0.395. The van der Waals surface area contributed by atoms with Crippen molar-refractivity contribution in [3.63, 3.8) is 0 Å². The van der Waals surface area contributed by atoms with Crippen molar-refractivity contribution in [2.45, 2.75) is 0 Å². The van der Waals surface area contributed by atoms with Crippen molar-refractivity contribution in [1.29, 1.82) is 0 Å². The van der Waals surface area contributed by atoms with Crippen molar-refractivity contribution in [2.24, 2.45) is 0 Å². The van der Waals surface area contributed by atoms with Crippen LogP contribution in [0.5, 0.6) is 11.5 Å². The van der Waals surface area contributed by atoms with Crippen LogP contribution in [0.3, 0.4) is 0 Å². The zero-order valence-electron chi connectivity index (χ0n) is 9.98. The first-order chi connectivity index (χ1) is 8.72. The van der Waals surface area contributed by atoms with E-state index in [2.05, 4.69) is 31.2 Å². The third kappa shape index (κ3) is 2.89. The minimum absolute atomic E-state index is 0.681. The number of nitrogens with zero attached hydrogens (tertiary/aromatic N) is 2. The van der Waals surface area contributed by atoms with E-state index in [4.69, 9.17) is 9.47 Å². The Kier molecular flexibility index (Phi) is 3.99. The van der Waals surface area contributed by atoms with Crippen molar-refractivity contribution < 1.29 is 9.47 Å². The minimum atomic E-state index is 0.681. The van der Waals surface area contributed by atoms with Crippen molar-refractivity contribution in [2.75, 3.05) is 19.5 Å². The summed E-state index contributed by atoms with van der Waals surface area (Å²) in [5, 5.41) is 3.15. The Morgan fingerprint density at radius 2 is 1.94 bits per heavy atom. The first-order valence-corrected chi connectivity index (χ1v) is 5.99. The van der Waals surface area contributed by atoms with E-state index in [1.165, 1.54) is 6.33 Å². The van der Waals surface area contributed by atoms with E-state index in [1.807, 2.05) is 12.1 Å². The van der Waals surface area contributed by atoms with Crippen molar-refractivity contribution in [1.82, 2.24) is 9.97 Å². The van der Waals surface area contributed by atoms with Gasteiger partial charge in [0.2, 0.25) is 0 Å². The predicted molar refractivity (Wildman–Crippen MR) is 72.6 cm³/mol. The molecule has 1 N–H and O–H groups in total. The van der Waals surface area contributed by atoms with Crippen molar-refractivity contribution in [3.05, 3.63) is 35.2 Å². The van der Waals surface area contributed by atoms with E-state index in [-0.39, 0.29) is 0 Å². The second-order valence-corrected chi connectivity index (χ2v) is 4.23. The summed E-state index contributed by atoms with van der Waals surface area (Å²) in [6.45, 7) is 0. The SMILES string of the molecule is COc1ccc(Nc2cc(Br)ncn2)c(OC)c1. The van der Waals surface area contributed by atoms with E-state index in [0.29, 0.717) is 16.2 Å². The standard InChI is InChI=1S/C12H12BrN3O2/c1-17-8-3-4-9(10(5-8)18-2)16-12-6-11(13)14-7-15-12/h3-7H,1-2H3,(H,14,15,16). The fourth-order valence-corrected chi connectivity index (χ4v) is 1.75. The highest BCUT2D eigenvalue weighted by Crippen LogP contribution is 2.31. The number of ether oxygens (including phenoxy) is 2. The Bertz CT molecular complexity index is 549. The third-order valence-electron chi connectivity index (χ3n) is 2.31. The first-order valence-electron chi connectivity index (χ1n) is 5.19. The molecule has 18 heavy (non-hydrogen) atoms. The zero-order chi connectivity index (χ0) is 13.0. The topological polar surface area (TPSA) is 56.3 Å². The molecule has 0 aliphatic rings. The van der Waals surface area contributed by atoms with E-state index in [0.717, 1.165) is 11.4 Å². The monoisotopic (exact) mass is 309 g/mol. The zero-order valence-corrected chi connectivity index (χ0v) is 11.6. The normalized spacial score (nSPS) is 9.94. The Morgan fingerprint density at radius 3 is 2.61 bits per heavy atom. The van der Waals surface area contributed by atoms with Gasteiger partial charge in [-0.2, -0.15) is 0 Å². The van der Waals surface area contributed by atoms with Gasteiger partial charge in [-0.25, -0.2) is 9.97 Å². The molecular formula is C12H12BrN3O2. The van der Waals surface area contributed by atoms with Gasteiger partial charge in [0.1, 0.15) is 28.2 Å². The molecule has 2 aromatic rings. The van der Waals surface area contributed by atoms with Gasteiger partial charge in [0.25, 0.3) is 0 Å². The molecule has 0 saturated carbocycles. The molecule has 2 rings (SSSR count). The molecule has 0 saturated heterocycles. The number of methoxy groups -OCH3 is 2. The van der Waals surface area contributed by atoms with Crippen molar-refractivity contribution >= 4 is 27.4 Å². The van der Waals surface area contributed by atoms with Gasteiger partial charge in [0.15, 0.2) is 0 Å². The van der Waals surface area contributed by atoms with E-state index in [9.17, 15) is 0 Å². The number of benzene rings is 1. The highest BCUT2D eigenvalue weighted by molar-refractivity contribution is 9.10. The molecule has 0 spiro atoms.